The summed E-state index contributed by atoms with van der Waals surface area (Å²) < 4.78 is 13.5. The monoisotopic (exact) mass is 312 g/mol. The van der Waals surface area contributed by atoms with Crippen molar-refractivity contribution in [2.75, 3.05) is 19.6 Å². The second-order valence-corrected chi connectivity index (χ2v) is 6.07. The molecule has 0 radical (unpaired) electrons. The molecule has 1 amide bonds. The molecule has 2 aromatic rings. The van der Waals surface area contributed by atoms with Gasteiger partial charge in [0.25, 0.3) is 5.91 Å². The molecule has 120 valence electrons. The molecule has 1 aliphatic rings. The highest BCUT2D eigenvalue weighted by molar-refractivity contribution is 5.95. The average Bonchev–Trinajstić information content (AvgIpc) is 2.57. The van der Waals surface area contributed by atoms with E-state index in [-0.39, 0.29) is 17.8 Å². The maximum Gasteiger partial charge on any atom is 0.254 e. The topological polar surface area (TPSA) is 32.3 Å². The molecule has 3 nitrogen and oxygen atoms in total. The van der Waals surface area contributed by atoms with E-state index in [9.17, 15) is 9.18 Å². The lowest BCUT2D eigenvalue weighted by Crippen LogP contribution is -2.48. The fraction of sp³-hybridized carbons (Fsp3) is 0.316. The Morgan fingerprint density at radius 2 is 2.00 bits per heavy atom. The van der Waals surface area contributed by atoms with Crippen LogP contribution in [0.2, 0.25) is 0 Å². The van der Waals surface area contributed by atoms with Gasteiger partial charge in [-0.15, -0.1) is 0 Å². The Morgan fingerprint density at radius 3 is 2.74 bits per heavy atom. The Balaban J connectivity index is 1.91. The second-order valence-electron chi connectivity index (χ2n) is 6.07. The molecule has 1 aliphatic heterocycles. The van der Waals surface area contributed by atoms with Gasteiger partial charge < -0.3 is 10.2 Å². The van der Waals surface area contributed by atoms with Gasteiger partial charge >= 0.3 is 0 Å². The van der Waals surface area contributed by atoms with Crippen molar-refractivity contribution < 1.29 is 9.18 Å². The Hall–Kier alpha value is -2.20. The van der Waals surface area contributed by atoms with Gasteiger partial charge in [-0.05, 0) is 54.8 Å². The number of hydrogen-bond acceptors (Lipinski definition) is 2. The summed E-state index contributed by atoms with van der Waals surface area (Å²) in [7, 11) is 0. The highest BCUT2D eigenvalue weighted by atomic mass is 19.1. The van der Waals surface area contributed by atoms with Gasteiger partial charge in [-0.2, -0.15) is 0 Å². The molecule has 0 aliphatic carbocycles. The molecule has 0 saturated carbocycles. The van der Waals surface area contributed by atoms with Crippen LogP contribution in [0.4, 0.5) is 4.39 Å². The molecule has 0 aromatic heterocycles. The van der Waals surface area contributed by atoms with Gasteiger partial charge in [0.2, 0.25) is 0 Å². The molecule has 1 saturated heterocycles. The lowest BCUT2D eigenvalue weighted by atomic mass is 10.0. The van der Waals surface area contributed by atoms with E-state index in [1.165, 1.54) is 17.7 Å². The normalized spacial score (nSPS) is 18.0. The summed E-state index contributed by atoms with van der Waals surface area (Å²) >= 11 is 0. The van der Waals surface area contributed by atoms with Crippen molar-refractivity contribution in [1.82, 2.24) is 10.2 Å². The van der Waals surface area contributed by atoms with Gasteiger partial charge in [-0.3, -0.25) is 4.79 Å². The molecule has 2 aromatic carbocycles. The number of nitrogens with zero attached hydrogens (tertiary/aromatic N) is 1. The minimum atomic E-state index is -0.272. The first-order chi connectivity index (χ1) is 11.1. The van der Waals surface area contributed by atoms with Gasteiger partial charge in [-0.1, -0.05) is 18.2 Å². The van der Waals surface area contributed by atoms with Gasteiger partial charge in [0.1, 0.15) is 5.82 Å². The summed E-state index contributed by atoms with van der Waals surface area (Å²) in [5.41, 5.74) is 3.79. The smallest absolute Gasteiger partial charge is 0.254 e. The third kappa shape index (κ3) is 3.27. The van der Waals surface area contributed by atoms with Crippen LogP contribution >= 0.6 is 0 Å². The van der Waals surface area contributed by atoms with Crippen molar-refractivity contribution in [3.63, 3.8) is 0 Å². The van der Waals surface area contributed by atoms with Crippen LogP contribution in [0, 0.1) is 19.7 Å². The number of piperazine rings is 1. The number of carbonyl (C=O) groups excluding carboxylic acids is 1. The van der Waals surface area contributed by atoms with Crippen LogP contribution in [0.25, 0.3) is 0 Å². The fourth-order valence-electron chi connectivity index (χ4n) is 3.00. The summed E-state index contributed by atoms with van der Waals surface area (Å²) in [6.45, 7) is 6.05. The Kier molecular flexibility index (Phi) is 4.44. The molecule has 0 spiro atoms. The van der Waals surface area contributed by atoms with Crippen molar-refractivity contribution in [2.24, 2.45) is 0 Å². The predicted molar refractivity (Wildman–Crippen MR) is 89.0 cm³/mol. The summed E-state index contributed by atoms with van der Waals surface area (Å²) in [4.78, 5) is 14.8. The lowest BCUT2D eigenvalue weighted by Gasteiger charge is -2.36. The van der Waals surface area contributed by atoms with Crippen LogP contribution in [0.3, 0.4) is 0 Å². The number of amides is 1. The zero-order valence-corrected chi connectivity index (χ0v) is 13.5. The molecule has 1 fully saturated rings. The number of hydrogen-bond donors (Lipinski definition) is 1. The fourth-order valence-corrected chi connectivity index (χ4v) is 3.00. The first-order valence-corrected chi connectivity index (χ1v) is 7.90. The molecular weight excluding hydrogens is 291 g/mol. The van der Waals surface area contributed by atoms with E-state index in [0.29, 0.717) is 18.7 Å². The van der Waals surface area contributed by atoms with E-state index in [2.05, 4.69) is 5.32 Å². The molecule has 23 heavy (non-hydrogen) atoms. The molecular formula is C19H21FN2O. The van der Waals surface area contributed by atoms with E-state index >= 15 is 0 Å². The quantitative estimate of drug-likeness (QED) is 0.923. The van der Waals surface area contributed by atoms with Crippen LogP contribution < -0.4 is 5.32 Å². The van der Waals surface area contributed by atoms with Gasteiger partial charge in [0, 0.05) is 25.2 Å². The lowest BCUT2D eigenvalue weighted by molar-refractivity contribution is 0.0634. The van der Waals surface area contributed by atoms with Crippen LogP contribution in [0.1, 0.15) is 33.1 Å². The molecule has 1 heterocycles. The van der Waals surface area contributed by atoms with E-state index in [1.807, 2.05) is 43.0 Å². The zero-order valence-electron chi connectivity index (χ0n) is 13.5. The SMILES string of the molecule is Cc1ccc(C(=O)N2CCNCC2c2cccc(F)c2)cc1C. The predicted octanol–water partition coefficient (Wildman–Crippen LogP) is 3.23. The van der Waals surface area contributed by atoms with E-state index < -0.39 is 0 Å². The molecule has 1 N–H and O–H groups in total. The summed E-state index contributed by atoms with van der Waals surface area (Å²) in [6.07, 6.45) is 0. The number of carbonyl (C=O) groups is 1. The van der Waals surface area contributed by atoms with Crippen molar-refractivity contribution in [3.05, 3.63) is 70.5 Å². The third-order valence-electron chi connectivity index (χ3n) is 4.49. The van der Waals surface area contributed by atoms with Crippen molar-refractivity contribution in [1.29, 1.82) is 0 Å². The molecule has 4 heteroatoms. The van der Waals surface area contributed by atoms with Gasteiger partial charge in [0.15, 0.2) is 0 Å². The largest absolute Gasteiger partial charge is 0.329 e. The Bertz CT molecular complexity index is 729. The summed E-state index contributed by atoms with van der Waals surface area (Å²) in [5, 5.41) is 3.29. The number of benzene rings is 2. The first-order valence-electron chi connectivity index (χ1n) is 7.90. The third-order valence-corrected chi connectivity index (χ3v) is 4.49. The zero-order chi connectivity index (χ0) is 16.4. The van der Waals surface area contributed by atoms with E-state index in [4.69, 9.17) is 0 Å². The Morgan fingerprint density at radius 1 is 1.17 bits per heavy atom. The minimum absolute atomic E-state index is 0.00358. The molecule has 1 unspecified atom stereocenters. The van der Waals surface area contributed by atoms with Crippen molar-refractivity contribution >= 4 is 5.91 Å². The van der Waals surface area contributed by atoms with Crippen LogP contribution in [-0.2, 0) is 0 Å². The standard InChI is InChI=1S/C19H21FN2O/c1-13-6-7-16(10-14(13)2)19(23)22-9-8-21-12-18(22)15-4-3-5-17(20)11-15/h3-7,10-11,18,21H,8-9,12H2,1-2H3. The van der Waals surface area contributed by atoms with E-state index in [0.717, 1.165) is 17.7 Å². The highest BCUT2D eigenvalue weighted by Gasteiger charge is 2.28. The van der Waals surface area contributed by atoms with Crippen molar-refractivity contribution in [2.45, 2.75) is 19.9 Å². The minimum Gasteiger partial charge on any atom is -0.329 e. The van der Waals surface area contributed by atoms with Gasteiger partial charge in [0.05, 0.1) is 6.04 Å². The Labute approximate surface area is 136 Å². The first kappa shape index (κ1) is 15.7. The van der Waals surface area contributed by atoms with Crippen LogP contribution in [-0.4, -0.2) is 30.4 Å². The maximum atomic E-state index is 13.5. The number of nitrogens with one attached hydrogen (secondary N) is 1. The maximum absolute atomic E-state index is 13.5. The number of halogens is 1. The molecule has 3 rings (SSSR count). The second kappa shape index (κ2) is 6.50. The average molecular weight is 312 g/mol. The van der Waals surface area contributed by atoms with E-state index in [1.54, 1.807) is 6.07 Å². The van der Waals surface area contributed by atoms with Crippen LogP contribution in [0.5, 0.6) is 0 Å². The highest BCUT2D eigenvalue weighted by Crippen LogP contribution is 2.25. The molecule has 1 atom stereocenters. The summed E-state index contributed by atoms with van der Waals surface area (Å²) in [5.74, 6) is -0.268. The molecule has 0 bridgehead atoms. The van der Waals surface area contributed by atoms with Gasteiger partial charge in [-0.25, -0.2) is 4.39 Å². The number of aryl methyl sites for hydroxylation is 2. The summed E-state index contributed by atoms with van der Waals surface area (Å²) in [6, 6.07) is 12.1. The number of rotatable bonds is 2. The van der Waals surface area contributed by atoms with Crippen LogP contribution in [0.15, 0.2) is 42.5 Å². The van der Waals surface area contributed by atoms with Crippen molar-refractivity contribution in [3.8, 4) is 0 Å².